The van der Waals surface area contributed by atoms with Crippen molar-refractivity contribution in [2.24, 2.45) is 0 Å². The highest BCUT2D eigenvalue weighted by atomic mass is 16.5. The van der Waals surface area contributed by atoms with Crippen molar-refractivity contribution in [2.75, 3.05) is 37.0 Å². The minimum absolute atomic E-state index is 0.599. The highest BCUT2D eigenvalue weighted by Crippen LogP contribution is 2.19. The van der Waals surface area contributed by atoms with Crippen LogP contribution in [0.25, 0.3) is 0 Å². The Morgan fingerprint density at radius 3 is 2.69 bits per heavy atom. The summed E-state index contributed by atoms with van der Waals surface area (Å²) in [6.07, 6.45) is 0. The second kappa shape index (κ2) is 4.57. The number of anilines is 3. The van der Waals surface area contributed by atoms with E-state index in [4.69, 9.17) is 16.2 Å². The number of nitrogens with two attached hydrogens (primary N) is 2. The quantitative estimate of drug-likeness (QED) is 0.477. The number of nitrogens with one attached hydrogen (secondary N) is 1. The Morgan fingerprint density at radius 2 is 2.08 bits per heavy atom. The summed E-state index contributed by atoms with van der Waals surface area (Å²) in [6.45, 7) is 1.43. The van der Waals surface area contributed by atoms with E-state index in [9.17, 15) is 0 Å². The molecule has 0 spiro atoms. The summed E-state index contributed by atoms with van der Waals surface area (Å²) in [5, 5.41) is 3.15. The Balaban J connectivity index is 2.53. The van der Waals surface area contributed by atoms with Crippen molar-refractivity contribution in [1.82, 2.24) is 0 Å². The molecule has 5 N–H and O–H groups in total. The fourth-order valence-corrected chi connectivity index (χ4v) is 0.982. The average Bonchev–Trinajstić information content (AvgIpc) is 2.12. The summed E-state index contributed by atoms with van der Waals surface area (Å²) in [7, 11) is 1.67. The standard InChI is InChI=1S/C9H15N3O/c1-13-5-4-12-7-2-3-8(10)9(11)6-7/h2-3,6,12H,4-5,10-11H2,1H3. The van der Waals surface area contributed by atoms with E-state index < -0.39 is 0 Å². The Bertz CT molecular complexity index is 276. The van der Waals surface area contributed by atoms with E-state index in [0.29, 0.717) is 18.0 Å². The van der Waals surface area contributed by atoms with Crippen LogP contribution in [0.5, 0.6) is 0 Å². The monoisotopic (exact) mass is 181 g/mol. The minimum atomic E-state index is 0.599. The molecule has 0 fully saturated rings. The zero-order valence-electron chi connectivity index (χ0n) is 7.71. The molecular weight excluding hydrogens is 166 g/mol. The van der Waals surface area contributed by atoms with E-state index in [1.54, 1.807) is 13.2 Å². The van der Waals surface area contributed by atoms with Crippen LogP contribution in [-0.2, 0) is 4.74 Å². The van der Waals surface area contributed by atoms with E-state index >= 15 is 0 Å². The Labute approximate surface area is 77.9 Å². The second-order valence-corrected chi connectivity index (χ2v) is 2.76. The number of ether oxygens (including phenoxy) is 1. The molecule has 4 nitrogen and oxygen atoms in total. The highest BCUT2D eigenvalue weighted by molar-refractivity contribution is 5.69. The summed E-state index contributed by atoms with van der Waals surface area (Å²) in [5.74, 6) is 0. The van der Waals surface area contributed by atoms with Crippen LogP contribution >= 0.6 is 0 Å². The molecule has 13 heavy (non-hydrogen) atoms. The number of methoxy groups -OCH3 is 1. The topological polar surface area (TPSA) is 73.3 Å². The van der Waals surface area contributed by atoms with E-state index in [1.165, 1.54) is 0 Å². The number of hydrogen-bond donors (Lipinski definition) is 3. The van der Waals surface area contributed by atoms with Gasteiger partial charge in [-0.25, -0.2) is 0 Å². The van der Waals surface area contributed by atoms with Gasteiger partial charge in [0.1, 0.15) is 0 Å². The lowest BCUT2D eigenvalue weighted by molar-refractivity contribution is 0.211. The summed E-state index contributed by atoms with van der Waals surface area (Å²) < 4.78 is 4.90. The molecule has 0 heterocycles. The Kier molecular flexibility index (Phi) is 3.40. The van der Waals surface area contributed by atoms with Crippen LogP contribution in [0, 0.1) is 0 Å². The lowest BCUT2D eigenvalue weighted by Gasteiger charge is -2.07. The maximum Gasteiger partial charge on any atom is 0.0635 e. The first-order valence-corrected chi connectivity index (χ1v) is 4.12. The number of nitrogen functional groups attached to an aromatic ring is 2. The van der Waals surface area contributed by atoms with Gasteiger partial charge in [0, 0.05) is 19.3 Å². The lowest BCUT2D eigenvalue weighted by atomic mass is 10.2. The van der Waals surface area contributed by atoms with Crippen molar-refractivity contribution in [3.63, 3.8) is 0 Å². The van der Waals surface area contributed by atoms with E-state index in [-0.39, 0.29) is 0 Å². The first kappa shape index (κ1) is 9.67. The number of benzene rings is 1. The molecule has 72 valence electrons. The zero-order valence-corrected chi connectivity index (χ0v) is 7.71. The van der Waals surface area contributed by atoms with Crippen LogP contribution in [0.2, 0.25) is 0 Å². The van der Waals surface area contributed by atoms with Crippen molar-refractivity contribution in [2.45, 2.75) is 0 Å². The first-order valence-electron chi connectivity index (χ1n) is 4.12. The molecule has 0 unspecified atom stereocenters. The molecular formula is C9H15N3O. The molecule has 4 heteroatoms. The van der Waals surface area contributed by atoms with Gasteiger partial charge >= 0.3 is 0 Å². The van der Waals surface area contributed by atoms with Gasteiger partial charge in [0.2, 0.25) is 0 Å². The smallest absolute Gasteiger partial charge is 0.0635 e. The van der Waals surface area contributed by atoms with Crippen LogP contribution in [0.3, 0.4) is 0 Å². The molecule has 0 bridgehead atoms. The predicted molar refractivity (Wildman–Crippen MR) is 55.6 cm³/mol. The molecule has 1 rings (SSSR count). The van der Waals surface area contributed by atoms with Crippen molar-refractivity contribution in [1.29, 1.82) is 0 Å². The molecule has 1 aromatic carbocycles. The average molecular weight is 181 g/mol. The summed E-state index contributed by atoms with van der Waals surface area (Å²) in [5.41, 5.74) is 13.4. The van der Waals surface area contributed by atoms with E-state index in [2.05, 4.69) is 5.32 Å². The zero-order chi connectivity index (χ0) is 9.68. The Morgan fingerprint density at radius 1 is 1.31 bits per heavy atom. The van der Waals surface area contributed by atoms with Gasteiger partial charge in [0.25, 0.3) is 0 Å². The molecule has 0 aliphatic carbocycles. The maximum atomic E-state index is 5.63. The molecule has 0 aromatic heterocycles. The molecule has 0 aliphatic heterocycles. The van der Waals surface area contributed by atoms with Gasteiger partial charge < -0.3 is 21.5 Å². The highest BCUT2D eigenvalue weighted by Gasteiger charge is 1.95. The van der Waals surface area contributed by atoms with Gasteiger partial charge in [0.05, 0.1) is 18.0 Å². The van der Waals surface area contributed by atoms with E-state index in [0.717, 1.165) is 12.2 Å². The molecule has 0 atom stereocenters. The molecule has 0 saturated carbocycles. The third-order valence-electron chi connectivity index (χ3n) is 1.72. The Hall–Kier alpha value is -1.42. The molecule has 1 aromatic rings. The maximum absolute atomic E-state index is 5.63. The van der Waals surface area contributed by atoms with Crippen molar-refractivity contribution >= 4 is 17.1 Å². The SMILES string of the molecule is COCCNc1ccc(N)c(N)c1. The van der Waals surface area contributed by atoms with Gasteiger partial charge in [-0.3, -0.25) is 0 Å². The molecule has 0 amide bonds. The van der Waals surface area contributed by atoms with E-state index in [1.807, 2.05) is 12.1 Å². The van der Waals surface area contributed by atoms with Gasteiger partial charge in [-0.2, -0.15) is 0 Å². The summed E-state index contributed by atoms with van der Waals surface area (Å²) in [4.78, 5) is 0. The summed E-state index contributed by atoms with van der Waals surface area (Å²) in [6, 6.07) is 5.48. The third-order valence-corrected chi connectivity index (χ3v) is 1.72. The lowest BCUT2D eigenvalue weighted by Crippen LogP contribution is -2.08. The van der Waals surface area contributed by atoms with Crippen molar-refractivity contribution in [3.05, 3.63) is 18.2 Å². The van der Waals surface area contributed by atoms with Gasteiger partial charge in [0.15, 0.2) is 0 Å². The van der Waals surface area contributed by atoms with Crippen LogP contribution < -0.4 is 16.8 Å². The van der Waals surface area contributed by atoms with Crippen LogP contribution in [0.15, 0.2) is 18.2 Å². The van der Waals surface area contributed by atoms with Crippen LogP contribution in [0.4, 0.5) is 17.1 Å². The van der Waals surface area contributed by atoms with Gasteiger partial charge in [-0.05, 0) is 18.2 Å². The largest absolute Gasteiger partial charge is 0.397 e. The fraction of sp³-hybridized carbons (Fsp3) is 0.333. The van der Waals surface area contributed by atoms with Crippen molar-refractivity contribution in [3.8, 4) is 0 Å². The first-order chi connectivity index (χ1) is 6.24. The molecule has 0 radical (unpaired) electrons. The molecule has 0 saturated heterocycles. The van der Waals surface area contributed by atoms with Crippen LogP contribution in [-0.4, -0.2) is 20.3 Å². The minimum Gasteiger partial charge on any atom is -0.397 e. The van der Waals surface area contributed by atoms with Crippen molar-refractivity contribution < 1.29 is 4.74 Å². The number of hydrogen-bond acceptors (Lipinski definition) is 4. The molecule has 0 aliphatic rings. The van der Waals surface area contributed by atoms with Crippen LogP contribution in [0.1, 0.15) is 0 Å². The fourth-order valence-electron chi connectivity index (χ4n) is 0.982. The third kappa shape index (κ3) is 2.83. The predicted octanol–water partition coefficient (Wildman–Crippen LogP) is 0.909. The summed E-state index contributed by atoms with van der Waals surface area (Å²) >= 11 is 0. The van der Waals surface area contributed by atoms with Gasteiger partial charge in [-0.1, -0.05) is 0 Å². The second-order valence-electron chi connectivity index (χ2n) is 2.76. The normalized spacial score (nSPS) is 9.92. The van der Waals surface area contributed by atoms with Gasteiger partial charge in [-0.15, -0.1) is 0 Å². The number of rotatable bonds is 4.